The van der Waals surface area contributed by atoms with Crippen molar-refractivity contribution in [3.8, 4) is 0 Å². The summed E-state index contributed by atoms with van der Waals surface area (Å²) < 4.78 is 11.0. The smallest absolute Gasteiger partial charge is 0.0873 e. The number of nitrogens with one attached hydrogen (secondary N) is 1. The van der Waals surface area contributed by atoms with Crippen LogP contribution in [0.15, 0.2) is 16.8 Å². The van der Waals surface area contributed by atoms with Crippen molar-refractivity contribution < 1.29 is 9.47 Å². The predicted octanol–water partition coefficient (Wildman–Crippen LogP) is 2.45. The summed E-state index contributed by atoms with van der Waals surface area (Å²) in [5, 5.41) is 7.78. The SMILES string of the molecule is COCCNCC1CCCOC1c1ccsc1. The van der Waals surface area contributed by atoms with E-state index in [0.29, 0.717) is 5.92 Å². The number of hydrogen-bond donors (Lipinski definition) is 1. The molecule has 2 unspecified atom stereocenters. The first kappa shape index (κ1) is 13.0. The molecule has 0 aliphatic carbocycles. The largest absolute Gasteiger partial charge is 0.383 e. The van der Waals surface area contributed by atoms with Crippen molar-refractivity contribution in [3.63, 3.8) is 0 Å². The third-order valence-corrected chi connectivity index (χ3v) is 3.91. The summed E-state index contributed by atoms with van der Waals surface area (Å²) in [5.41, 5.74) is 1.34. The van der Waals surface area contributed by atoms with Gasteiger partial charge in [-0.15, -0.1) is 0 Å². The third-order valence-electron chi connectivity index (χ3n) is 3.21. The molecule has 17 heavy (non-hydrogen) atoms. The van der Waals surface area contributed by atoms with Gasteiger partial charge in [0.25, 0.3) is 0 Å². The molecule has 0 radical (unpaired) electrons. The van der Waals surface area contributed by atoms with E-state index in [0.717, 1.165) is 26.3 Å². The van der Waals surface area contributed by atoms with Crippen molar-refractivity contribution in [2.75, 3.05) is 33.4 Å². The van der Waals surface area contributed by atoms with Crippen LogP contribution in [0.2, 0.25) is 0 Å². The molecule has 1 aliphatic heterocycles. The van der Waals surface area contributed by atoms with E-state index in [2.05, 4.69) is 22.1 Å². The molecule has 1 aromatic heterocycles. The molecule has 1 aliphatic rings. The molecule has 1 fully saturated rings. The van der Waals surface area contributed by atoms with Crippen molar-refractivity contribution in [1.82, 2.24) is 5.32 Å². The highest BCUT2D eigenvalue weighted by Gasteiger charge is 2.27. The van der Waals surface area contributed by atoms with Crippen molar-refractivity contribution in [1.29, 1.82) is 0 Å². The van der Waals surface area contributed by atoms with Gasteiger partial charge in [-0.3, -0.25) is 0 Å². The molecule has 1 aromatic rings. The van der Waals surface area contributed by atoms with E-state index in [9.17, 15) is 0 Å². The molecule has 96 valence electrons. The molecule has 0 bridgehead atoms. The lowest BCUT2D eigenvalue weighted by molar-refractivity contribution is -0.0277. The molecule has 4 heteroatoms. The zero-order valence-corrected chi connectivity index (χ0v) is 11.2. The number of methoxy groups -OCH3 is 1. The van der Waals surface area contributed by atoms with Gasteiger partial charge >= 0.3 is 0 Å². The molecule has 2 rings (SSSR count). The lowest BCUT2D eigenvalue weighted by Gasteiger charge is -2.31. The number of ether oxygens (including phenoxy) is 2. The van der Waals surface area contributed by atoms with Crippen molar-refractivity contribution >= 4 is 11.3 Å². The first-order valence-electron chi connectivity index (χ1n) is 6.25. The Kier molecular flexibility index (Phi) is 5.45. The Hall–Kier alpha value is -0.420. The van der Waals surface area contributed by atoms with E-state index >= 15 is 0 Å². The fraction of sp³-hybridized carbons (Fsp3) is 0.692. The summed E-state index contributed by atoms with van der Waals surface area (Å²) in [6, 6.07) is 2.18. The highest BCUT2D eigenvalue weighted by atomic mass is 32.1. The van der Waals surface area contributed by atoms with Gasteiger partial charge < -0.3 is 14.8 Å². The molecular formula is C13H21NO2S. The predicted molar refractivity (Wildman–Crippen MR) is 70.5 cm³/mol. The Balaban J connectivity index is 1.84. The van der Waals surface area contributed by atoms with Gasteiger partial charge in [0.2, 0.25) is 0 Å². The van der Waals surface area contributed by atoms with Crippen LogP contribution in [-0.4, -0.2) is 33.4 Å². The summed E-state index contributed by atoms with van der Waals surface area (Å²) >= 11 is 1.75. The zero-order valence-electron chi connectivity index (χ0n) is 10.4. The minimum atomic E-state index is 0.282. The van der Waals surface area contributed by atoms with E-state index in [1.165, 1.54) is 18.4 Å². The molecule has 2 atom stereocenters. The topological polar surface area (TPSA) is 30.5 Å². The first-order chi connectivity index (χ1) is 8.42. The average Bonchev–Trinajstić information content (AvgIpc) is 2.89. The third kappa shape index (κ3) is 3.78. The number of thiophene rings is 1. The van der Waals surface area contributed by atoms with E-state index in [4.69, 9.17) is 9.47 Å². The second-order valence-electron chi connectivity index (χ2n) is 4.45. The van der Waals surface area contributed by atoms with Crippen molar-refractivity contribution in [2.24, 2.45) is 5.92 Å². The van der Waals surface area contributed by atoms with Gasteiger partial charge in [-0.05, 0) is 35.2 Å². The normalized spacial score (nSPS) is 25.0. The summed E-state index contributed by atoms with van der Waals surface area (Å²) in [6.07, 6.45) is 2.71. The highest BCUT2D eigenvalue weighted by molar-refractivity contribution is 7.07. The van der Waals surface area contributed by atoms with Crippen LogP contribution in [0.5, 0.6) is 0 Å². The maximum atomic E-state index is 5.93. The Bertz CT molecular complexity index is 302. The first-order valence-corrected chi connectivity index (χ1v) is 7.19. The lowest BCUT2D eigenvalue weighted by Crippen LogP contribution is -2.33. The van der Waals surface area contributed by atoms with E-state index in [1.807, 2.05) is 0 Å². The standard InChI is InChI=1S/C13H21NO2S/c1-15-7-5-14-9-11-3-2-6-16-13(11)12-4-8-17-10-12/h4,8,10-11,13-14H,2-3,5-7,9H2,1H3. The number of rotatable bonds is 6. The van der Waals surface area contributed by atoms with E-state index in [-0.39, 0.29) is 6.10 Å². The molecule has 0 saturated carbocycles. The molecule has 0 aromatic carbocycles. The molecule has 3 nitrogen and oxygen atoms in total. The maximum absolute atomic E-state index is 5.93. The minimum Gasteiger partial charge on any atom is -0.383 e. The Morgan fingerprint density at radius 3 is 3.29 bits per heavy atom. The van der Waals surface area contributed by atoms with Gasteiger partial charge in [0, 0.05) is 32.7 Å². The van der Waals surface area contributed by atoms with Gasteiger partial charge in [-0.1, -0.05) is 0 Å². The summed E-state index contributed by atoms with van der Waals surface area (Å²) in [4.78, 5) is 0. The van der Waals surface area contributed by atoms with Crippen molar-refractivity contribution in [3.05, 3.63) is 22.4 Å². The van der Waals surface area contributed by atoms with Crippen LogP contribution >= 0.6 is 11.3 Å². The van der Waals surface area contributed by atoms with Gasteiger partial charge in [-0.2, -0.15) is 11.3 Å². The number of hydrogen-bond acceptors (Lipinski definition) is 4. The maximum Gasteiger partial charge on any atom is 0.0873 e. The monoisotopic (exact) mass is 255 g/mol. The van der Waals surface area contributed by atoms with Crippen LogP contribution in [0.3, 0.4) is 0 Å². The molecule has 1 saturated heterocycles. The van der Waals surface area contributed by atoms with Gasteiger partial charge in [-0.25, -0.2) is 0 Å². The van der Waals surface area contributed by atoms with E-state index in [1.54, 1.807) is 18.4 Å². The van der Waals surface area contributed by atoms with Crippen LogP contribution in [-0.2, 0) is 9.47 Å². The quantitative estimate of drug-likeness (QED) is 0.792. The van der Waals surface area contributed by atoms with Gasteiger partial charge in [0.05, 0.1) is 12.7 Å². The van der Waals surface area contributed by atoms with E-state index < -0.39 is 0 Å². The minimum absolute atomic E-state index is 0.282. The fourth-order valence-corrected chi connectivity index (χ4v) is 3.00. The molecule has 1 N–H and O–H groups in total. The zero-order chi connectivity index (χ0) is 11.9. The van der Waals surface area contributed by atoms with Crippen LogP contribution in [0, 0.1) is 5.92 Å². The second-order valence-corrected chi connectivity index (χ2v) is 5.23. The molecule has 0 spiro atoms. The Morgan fingerprint density at radius 2 is 2.53 bits per heavy atom. The summed E-state index contributed by atoms with van der Waals surface area (Å²) in [5.74, 6) is 0.593. The molecular weight excluding hydrogens is 234 g/mol. The van der Waals surface area contributed by atoms with Gasteiger partial charge in [0.15, 0.2) is 0 Å². The Labute approximate surface area is 107 Å². The van der Waals surface area contributed by atoms with Gasteiger partial charge in [0.1, 0.15) is 0 Å². The molecule has 2 heterocycles. The second kappa shape index (κ2) is 7.11. The van der Waals surface area contributed by atoms with Crippen molar-refractivity contribution in [2.45, 2.75) is 18.9 Å². The van der Waals surface area contributed by atoms with Crippen LogP contribution in [0.1, 0.15) is 24.5 Å². The van der Waals surface area contributed by atoms with Crippen LogP contribution < -0.4 is 5.32 Å². The Morgan fingerprint density at radius 1 is 1.59 bits per heavy atom. The average molecular weight is 255 g/mol. The summed E-state index contributed by atoms with van der Waals surface area (Å²) in [7, 11) is 1.74. The van der Waals surface area contributed by atoms with Crippen LogP contribution in [0.25, 0.3) is 0 Å². The lowest BCUT2D eigenvalue weighted by atomic mass is 9.91. The van der Waals surface area contributed by atoms with Crippen LogP contribution in [0.4, 0.5) is 0 Å². The fourth-order valence-electron chi connectivity index (χ4n) is 2.32. The highest BCUT2D eigenvalue weighted by Crippen LogP contribution is 2.34. The summed E-state index contributed by atoms with van der Waals surface area (Å²) in [6.45, 7) is 3.61. The molecule has 0 amide bonds.